The highest BCUT2D eigenvalue weighted by molar-refractivity contribution is 5.89. The summed E-state index contributed by atoms with van der Waals surface area (Å²) in [7, 11) is 0. The topological polar surface area (TPSA) is 69.4 Å². The molecule has 0 radical (unpaired) electrons. The Morgan fingerprint density at radius 2 is 2.44 bits per heavy atom. The van der Waals surface area contributed by atoms with Crippen molar-refractivity contribution in [2.24, 2.45) is 0 Å². The third kappa shape index (κ3) is 1.59. The number of aromatic nitrogens is 4. The van der Waals surface area contributed by atoms with Crippen molar-refractivity contribution in [1.82, 2.24) is 19.8 Å². The minimum atomic E-state index is -0.442. The molecule has 0 aliphatic rings. The van der Waals surface area contributed by atoms with Gasteiger partial charge in [-0.15, -0.1) is 16.6 Å². The Morgan fingerprint density at radius 3 is 3.12 bits per heavy atom. The molecular formula is C10H8N4O2. The van der Waals surface area contributed by atoms with E-state index in [1.807, 2.05) is 0 Å². The van der Waals surface area contributed by atoms with E-state index in [-0.39, 0.29) is 0 Å². The van der Waals surface area contributed by atoms with E-state index >= 15 is 0 Å². The third-order valence-corrected chi connectivity index (χ3v) is 1.90. The lowest BCUT2D eigenvalue weighted by Gasteiger charge is -2.00. The van der Waals surface area contributed by atoms with Crippen molar-refractivity contribution < 1.29 is 9.53 Å². The first-order chi connectivity index (χ1) is 7.76. The van der Waals surface area contributed by atoms with E-state index in [1.54, 1.807) is 6.92 Å². The highest BCUT2D eigenvalue weighted by atomic mass is 16.5. The van der Waals surface area contributed by atoms with E-state index in [0.717, 1.165) is 0 Å². The molecule has 0 bridgehead atoms. The quantitative estimate of drug-likeness (QED) is 0.532. The number of hydrogen-bond acceptors (Lipinski definition) is 5. The van der Waals surface area contributed by atoms with Crippen molar-refractivity contribution >= 4 is 11.6 Å². The molecule has 0 saturated carbocycles. The Bertz CT molecular complexity index is 582. The lowest BCUT2D eigenvalue weighted by molar-refractivity contribution is 0.0525. The lowest BCUT2D eigenvalue weighted by Crippen LogP contribution is -2.07. The molecule has 0 aliphatic heterocycles. The Kier molecular flexibility index (Phi) is 2.52. The first kappa shape index (κ1) is 10.1. The van der Waals surface area contributed by atoms with E-state index in [9.17, 15) is 4.79 Å². The number of ether oxygens (including phenoxy) is 1. The molecule has 0 amide bonds. The molecule has 0 aliphatic carbocycles. The van der Waals surface area contributed by atoms with Crippen LogP contribution < -0.4 is 0 Å². The first-order valence-electron chi connectivity index (χ1n) is 4.61. The molecule has 6 heteroatoms. The zero-order chi connectivity index (χ0) is 11.5. The van der Waals surface area contributed by atoms with Crippen molar-refractivity contribution in [3.8, 4) is 12.3 Å². The number of fused-ring (bicyclic) bond motifs is 1. The molecule has 2 aromatic heterocycles. The zero-order valence-electron chi connectivity index (χ0n) is 8.54. The van der Waals surface area contributed by atoms with Crippen LogP contribution in [0.5, 0.6) is 0 Å². The van der Waals surface area contributed by atoms with Crippen LogP contribution in [0.3, 0.4) is 0 Å². The summed E-state index contributed by atoms with van der Waals surface area (Å²) in [5.41, 5.74) is 0.740. The average Bonchev–Trinajstić information content (AvgIpc) is 2.71. The maximum Gasteiger partial charge on any atom is 0.339 e. The second-order valence-electron chi connectivity index (χ2n) is 2.90. The van der Waals surface area contributed by atoms with Gasteiger partial charge < -0.3 is 4.74 Å². The largest absolute Gasteiger partial charge is 0.462 e. The monoisotopic (exact) mass is 216 g/mol. The Balaban J connectivity index is 2.46. The number of rotatable bonds is 2. The van der Waals surface area contributed by atoms with E-state index in [4.69, 9.17) is 11.2 Å². The van der Waals surface area contributed by atoms with Gasteiger partial charge in [0.2, 0.25) is 5.82 Å². The van der Waals surface area contributed by atoms with E-state index in [0.29, 0.717) is 23.6 Å². The predicted octanol–water partition coefficient (Wildman–Crippen LogP) is 0.282. The molecule has 0 spiro atoms. The summed E-state index contributed by atoms with van der Waals surface area (Å²) in [6.45, 7) is 2.05. The van der Waals surface area contributed by atoms with Gasteiger partial charge >= 0.3 is 5.97 Å². The smallest absolute Gasteiger partial charge is 0.339 e. The highest BCUT2D eigenvalue weighted by Crippen LogP contribution is 2.05. The van der Waals surface area contributed by atoms with Crippen LogP contribution in [-0.4, -0.2) is 32.4 Å². The Labute approximate surface area is 91.2 Å². The highest BCUT2D eigenvalue weighted by Gasteiger charge is 2.10. The minimum Gasteiger partial charge on any atom is -0.462 e. The van der Waals surface area contributed by atoms with Crippen molar-refractivity contribution in [1.29, 1.82) is 0 Å². The van der Waals surface area contributed by atoms with Crippen molar-refractivity contribution in [2.45, 2.75) is 6.92 Å². The summed E-state index contributed by atoms with van der Waals surface area (Å²) in [4.78, 5) is 11.4. The molecule has 0 unspecified atom stereocenters. The van der Waals surface area contributed by atoms with Gasteiger partial charge in [0.25, 0.3) is 0 Å². The molecule has 80 valence electrons. The standard InChI is InChI=1S/C10H8N4O2/c1-3-8-12-13-9-5-7(6-11-14(8)9)10(15)16-4-2/h1,5-6H,4H2,2H3. The summed E-state index contributed by atoms with van der Waals surface area (Å²) in [6, 6.07) is 1.53. The van der Waals surface area contributed by atoms with Crippen molar-refractivity contribution in [2.75, 3.05) is 6.61 Å². The number of terminal acetylenes is 1. The minimum absolute atomic E-state index is 0.297. The Morgan fingerprint density at radius 1 is 1.62 bits per heavy atom. The first-order valence-corrected chi connectivity index (χ1v) is 4.61. The summed E-state index contributed by atoms with van der Waals surface area (Å²) in [5, 5.41) is 11.5. The van der Waals surface area contributed by atoms with Gasteiger partial charge in [-0.05, 0) is 12.8 Å². The fourth-order valence-corrected chi connectivity index (χ4v) is 1.21. The normalized spacial score (nSPS) is 10.0. The number of nitrogens with zero attached hydrogens (tertiary/aromatic N) is 4. The lowest BCUT2D eigenvalue weighted by atomic mass is 10.3. The molecular weight excluding hydrogens is 208 g/mol. The van der Waals surface area contributed by atoms with Gasteiger partial charge in [0.15, 0.2) is 5.65 Å². The zero-order valence-corrected chi connectivity index (χ0v) is 8.54. The molecule has 0 N–H and O–H groups in total. The molecule has 2 heterocycles. The van der Waals surface area contributed by atoms with Gasteiger partial charge in [-0.2, -0.15) is 9.61 Å². The maximum atomic E-state index is 11.4. The predicted molar refractivity (Wildman–Crippen MR) is 54.7 cm³/mol. The van der Waals surface area contributed by atoms with Crippen LogP contribution in [0, 0.1) is 12.3 Å². The summed E-state index contributed by atoms with van der Waals surface area (Å²) in [6.07, 6.45) is 6.57. The van der Waals surface area contributed by atoms with Crippen LogP contribution in [0.25, 0.3) is 5.65 Å². The van der Waals surface area contributed by atoms with E-state index in [1.165, 1.54) is 16.8 Å². The van der Waals surface area contributed by atoms with E-state index in [2.05, 4.69) is 21.2 Å². The van der Waals surface area contributed by atoms with Crippen LogP contribution in [0.4, 0.5) is 0 Å². The maximum absolute atomic E-state index is 11.4. The molecule has 16 heavy (non-hydrogen) atoms. The average molecular weight is 216 g/mol. The SMILES string of the molecule is C#Cc1nnc2cc(C(=O)OCC)cnn12. The summed E-state index contributed by atoms with van der Waals surface area (Å²) in [5.74, 6) is 2.19. The van der Waals surface area contributed by atoms with Gasteiger partial charge in [0, 0.05) is 6.07 Å². The van der Waals surface area contributed by atoms with Crippen LogP contribution in [0.1, 0.15) is 23.1 Å². The van der Waals surface area contributed by atoms with Crippen molar-refractivity contribution in [3.63, 3.8) is 0 Å². The number of esters is 1. The van der Waals surface area contributed by atoms with Crippen molar-refractivity contribution in [3.05, 3.63) is 23.7 Å². The van der Waals surface area contributed by atoms with Crippen LogP contribution in [0.2, 0.25) is 0 Å². The molecule has 0 atom stereocenters. The van der Waals surface area contributed by atoms with Gasteiger partial charge in [0.1, 0.15) is 0 Å². The van der Waals surface area contributed by atoms with Gasteiger partial charge in [-0.1, -0.05) is 0 Å². The van der Waals surface area contributed by atoms with Gasteiger partial charge in [-0.3, -0.25) is 0 Å². The molecule has 6 nitrogen and oxygen atoms in total. The fraction of sp³-hybridized carbons (Fsp3) is 0.200. The van der Waals surface area contributed by atoms with Crippen LogP contribution >= 0.6 is 0 Å². The van der Waals surface area contributed by atoms with Crippen LogP contribution in [0.15, 0.2) is 12.3 Å². The summed E-state index contributed by atoms with van der Waals surface area (Å²) >= 11 is 0. The third-order valence-electron chi connectivity index (χ3n) is 1.90. The van der Waals surface area contributed by atoms with E-state index < -0.39 is 5.97 Å². The molecule has 0 saturated heterocycles. The number of hydrogen-bond donors (Lipinski definition) is 0. The number of carbonyl (C=O) groups excluding carboxylic acids is 1. The van der Waals surface area contributed by atoms with Gasteiger partial charge in [0.05, 0.1) is 18.4 Å². The number of carbonyl (C=O) groups is 1. The molecule has 2 rings (SSSR count). The molecule has 0 aromatic carbocycles. The second-order valence-corrected chi connectivity index (χ2v) is 2.90. The fourth-order valence-electron chi connectivity index (χ4n) is 1.21. The van der Waals surface area contributed by atoms with Gasteiger partial charge in [-0.25, -0.2) is 4.79 Å². The van der Waals surface area contributed by atoms with Crippen LogP contribution in [-0.2, 0) is 4.74 Å². The summed E-state index contributed by atoms with van der Waals surface area (Å²) < 4.78 is 6.21. The molecule has 0 fully saturated rings. The second kappa shape index (κ2) is 3.98. The Hall–Kier alpha value is -2.42. The molecule has 2 aromatic rings.